The number of likely N-dealkylation sites (N-methyl/N-ethyl adjacent to an activating group) is 1. The third-order valence-electron chi connectivity index (χ3n) is 5.98. The monoisotopic (exact) mass is 424 g/mol. The van der Waals surface area contributed by atoms with Crippen LogP contribution >= 0.6 is 24.0 Å². The van der Waals surface area contributed by atoms with Gasteiger partial charge in [-0.1, -0.05) is 20.8 Å². The molecule has 1 saturated heterocycles. The second kappa shape index (κ2) is 7.66. The van der Waals surface area contributed by atoms with Crippen molar-refractivity contribution >= 4 is 29.9 Å². The van der Waals surface area contributed by atoms with Crippen LogP contribution in [0.25, 0.3) is 0 Å². The number of nitrogens with two attached hydrogens (primary N) is 1. The van der Waals surface area contributed by atoms with Gasteiger partial charge in [0.05, 0.1) is 12.1 Å². The summed E-state index contributed by atoms with van der Waals surface area (Å²) < 4.78 is 5.64. The van der Waals surface area contributed by atoms with Gasteiger partial charge in [-0.2, -0.15) is 0 Å². The molecule has 3 unspecified atom stereocenters. The minimum absolute atomic E-state index is 0. The van der Waals surface area contributed by atoms with Crippen LogP contribution in [0, 0.1) is 5.41 Å². The summed E-state index contributed by atoms with van der Waals surface area (Å²) in [5.41, 5.74) is 6.07. The standard InChI is InChI=1S/C16H32N4O.HI/c1-6-20-9-7-8-12(20)11-18-14(17)19-13-10-16(4,21-5)15(13,2)3;/h12-13H,6-11H2,1-5H3,(H3,17,18,19);1H. The van der Waals surface area contributed by atoms with Crippen LogP contribution in [0.1, 0.15) is 47.0 Å². The lowest BCUT2D eigenvalue weighted by Crippen LogP contribution is -2.69. The van der Waals surface area contributed by atoms with Crippen LogP contribution in [0.4, 0.5) is 0 Å². The minimum Gasteiger partial charge on any atom is -0.378 e. The number of nitrogens with one attached hydrogen (secondary N) is 1. The van der Waals surface area contributed by atoms with Gasteiger partial charge >= 0.3 is 0 Å². The molecule has 130 valence electrons. The number of halogens is 1. The molecule has 6 heteroatoms. The molecule has 5 nitrogen and oxygen atoms in total. The predicted molar refractivity (Wildman–Crippen MR) is 103 cm³/mol. The number of hydrogen-bond acceptors (Lipinski definition) is 3. The quantitative estimate of drug-likeness (QED) is 0.404. The summed E-state index contributed by atoms with van der Waals surface area (Å²) in [7, 11) is 1.79. The van der Waals surface area contributed by atoms with Crippen LogP contribution in [-0.2, 0) is 4.74 Å². The molecule has 0 aromatic heterocycles. The van der Waals surface area contributed by atoms with Crippen LogP contribution in [0.5, 0.6) is 0 Å². The van der Waals surface area contributed by atoms with Crippen molar-refractivity contribution in [3.8, 4) is 0 Å². The van der Waals surface area contributed by atoms with E-state index in [1.165, 1.54) is 19.4 Å². The Morgan fingerprint density at radius 1 is 1.41 bits per heavy atom. The molecule has 1 saturated carbocycles. The normalized spacial score (nSPS) is 34.9. The second-order valence-electron chi connectivity index (χ2n) is 7.21. The molecule has 1 aliphatic heterocycles. The highest BCUT2D eigenvalue weighted by atomic mass is 127. The Hall–Kier alpha value is -0.0800. The van der Waals surface area contributed by atoms with Gasteiger partial charge in [0.1, 0.15) is 0 Å². The summed E-state index contributed by atoms with van der Waals surface area (Å²) in [5, 5.41) is 3.38. The van der Waals surface area contributed by atoms with Crippen LogP contribution in [0.2, 0.25) is 0 Å². The zero-order valence-electron chi connectivity index (χ0n) is 14.7. The topological polar surface area (TPSA) is 62.9 Å². The molecule has 0 spiro atoms. The molecule has 0 aromatic carbocycles. The Labute approximate surface area is 152 Å². The van der Waals surface area contributed by atoms with Crippen molar-refractivity contribution in [1.29, 1.82) is 0 Å². The van der Waals surface area contributed by atoms with Crippen LogP contribution < -0.4 is 11.1 Å². The molecule has 3 atom stereocenters. The van der Waals surface area contributed by atoms with Gasteiger partial charge in [-0.05, 0) is 39.3 Å². The first-order valence-corrected chi connectivity index (χ1v) is 8.19. The van der Waals surface area contributed by atoms with Gasteiger partial charge in [-0.3, -0.25) is 9.89 Å². The van der Waals surface area contributed by atoms with Crippen molar-refractivity contribution in [1.82, 2.24) is 10.2 Å². The van der Waals surface area contributed by atoms with Crippen LogP contribution in [0.15, 0.2) is 4.99 Å². The average molecular weight is 424 g/mol. The average Bonchev–Trinajstić information content (AvgIpc) is 2.91. The predicted octanol–water partition coefficient (Wildman–Crippen LogP) is 2.20. The maximum atomic E-state index is 6.08. The number of hydrogen-bond donors (Lipinski definition) is 2. The molecule has 3 N–H and O–H groups in total. The molecule has 0 amide bonds. The number of rotatable bonds is 5. The van der Waals surface area contributed by atoms with Crippen molar-refractivity contribution in [2.24, 2.45) is 16.1 Å². The van der Waals surface area contributed by atoms with E-state index in [9.17, 15) is 0 Å². The lowest BCUT2D eigenvalue weighted by Gasteiger charge is -2.59. The van der Waals surface area contributed by atoms with Gasteiger partial charge in [-0.15, -0.1) is 24.0 Å². The highest BCUT2D eigenvalue weighted by Gasteiger charge is 2.57. The van der Waals surface area contributed by atoms with E-state index in [1.807, 2.05) is 0 Å². The summed E-state index contributed by atoms with van der Waals surface area (Å²) in [5.74, 6) is 0.578. The first-order valence-electron chi connectivity index (χ1n) is 8.19. The van der Waals surface area contributed by atoms with Crippen molar-refractivity contribution in [3.63, 3.8) is 0 Å². The Bertz CT molecular complexity index is 402. The first-order chi connectivity index (χ1) is 9.84. The van der Waals surface area contributed by atoms with Gasteiger partial charge in [-0.25, -0.2) is 0 Å². The highest BCUT2D eigenvalue weighted by molar-refractivity contribution is 14.0. The molecular weight excluding hydrogens is 391 g/mol. The summed E-state index contributed by atoms with van der Waals surface area (Å²) in [4.78, 5) is 7.06. The van der Waals surface area contributed by atoms with E-state index < -0.39 is 0 Å². The largest absolute Gasteiger partial charge is 0.378 e. The van der Waals surface area contributed by atoms with E-state index in [-0.39, 0.29) is 35.0 Å². The second-order valence-corrected chi connectivity index (χ2v) is 7.21. The third kappa shape index (κ3) is 3.70. The Kier molecular flexibility index (Phi) is 6.95. The van der Waals surface area contributed by atoms with Gasteiger partial charge in [0, 0.05) is 24.6 Å². The lowest BCUT2D eigenvalue weighted by atomic mass is 9.56. The van der Waals surface area contributed by atoms with Gasteiger partial charge < -0.3 is 15.8 Å². The third-order valence-corrected chi connectivity index (χ3v) is 5.98. The molecule has 0 aromatic rings. The van der Waals surface area contributed by atoms with Gasteiger partial charge in [0.2, 0.25) is 0 Å². The van der Waals surface area contributed by atoms with Crippen LogP contribution in [0.3, 0.4) is 0 Å². The number of aliphatic imine (C=N–C) groups is 1. The number of methoxy groups -OCH3 is 1. The maximum Gasteiger partial charge on any atom is 0.188 e. The molecule has 2 fully saturated rings. The Morgan fingerprint density at radius 2 is 2.09 bits per heavy atom. The summed E-state index contributed by atoms with van der Waals surface area (Å²) in [6, 6.07) is 0.894. The lowest BCUT2D eigenvalue weighted by molar-refractivity contribution is -0.176. The number of nitrogens with zero attached hydrogens (tertiary/aromatic N) is 2. The fraction of sp³-hybridized carbons (Fsp3) is 0.938. The molecule has 22 heavy (non-hydrogen) atoms. The molecule has 1 aliphatic carbocycles. The summed E-state index contributed by atoms with van der Waals surface area (Å²) in [6.07, 6.45) is 3.49. The highest BCUT2D eigenvalue weighted by Crippen LogP contribution is 2.51. The van der Waals surface area contributed by atoms with E-state index >= 15 is 0 Å². The van der Waals surface area contributed by atoms with E-state index in [4.69, 9.17) is 10.5 Å². The fourth-order valence-corrected chi connectivity index (χ4v) is 3.67. The van der Waals surface area contributed by atoms with E-state index in [2.05, 4.69) is 42.9 Å². The van der Waals surface area contributed by atoms with Crippen molar-refractivity contribution in [3.05, 3.63) is 0 Å². The van der Waals surface area contributed by atoms with E-state index in [0.717, 1.165) is 19.5 Å². The smallest absolute Gasteiger partial charge is 0.188 e. The molecule has 2 aliphatic rings. The Balaban J connectivity index is 0.00000242. The number of likely N-dealkylation sites (tertiary alicyclic amines) is 1. The zero-order valence-corrected chi connectivity index (χ0v) is 17.0. The SMILES string of the molecule is CCN1CCCC1CN=C(N)NC1CC(C)(OC)C1(C)C.I. The molecule has 1 heterocycles. The van der Waals surface area contributed by atoms with E-state index in [0.29, 0.717) is 18.0 Å². The van der Waals surface area contributed by atoms with Crippen molar-refractivity contribution < 1.29 is 4.74 Å². The number of ether oxygens (including phenoxy) is 1. The molecular formula is C16H33IN4O. The van der Waals surface area contributed by atoms with Crippen molar-refractivity contribution in [2.45, 2.75) is 64.6 Å². The Morgan fingerprint density at radius 3 is 2.64 bits per heavy atom. The van der Waals surface area contributed by atoms with E-state index in [1.54, 1.807) is 7.11 Å². The van der Waals surface area contributed by atoms with Crippen LogP contribution in [-0.4, -0.2) is 55.3 Å². The van der Waals surface area contributed by atoms with Gasteiger partial charge in [0.15, 0.2) is 5.96 Å². The summed E-state index contributed by atoms with van der Waals surface area (Å²) in [6.45, 7) is 11.9. The first kappa shape index (κ1) is 20.0. The minimum atomic E-state index is -0.0740. The van der Waals surface area contributed by atoms with Gasteiger partial charge in [0.25, 0.3) is 0 Å². The molecule has 0 bridgehead atoms. The zero-order chi connectivity index (χ0) is 15.7. The molecule has 2 rings (SSSR count). The molecule has 0 radical (unpaired) electrons. The summed E-state index contributed by atoms with van der Waals surface area (Å²) >= 11 is 0. The maximum absolute atomic E-state index is 6.08. The van der Waals surface area contributed by atoms with Crippen molar-refractivity contribution in [2.75, 3.05) is 26.7 Å². The number of guanidine groups is 1. The fourth-order valence-electron chi connectivity index (χ4n) is 3.67.